The maximum atomic E-state index is 11.3. The van der Waals surface area contributed by atoms with Gasteiger partial charge >= 0.3 is 0 Å². The molecule has 0 radical (unpaired) electrons. The van der Waals surface area contributed by atoms with Gasteiger partial charge in [-0.1, -0.05) is 0 Å². The van der Waals surface area contributed by atoms with Crippen LogP contribution in [0.5, 0.6) is 17.2 Å². The number of carbonyl (C=O) groups excluding carboxylic acids is 2. The van der Waals surface area contributed by atoms with E-state index in [1.807, 2.05) is 0 Å². The van der Waals surface area contributed by atoms with Crippen LogP contribution in [0.3, 0.4) is 0 Å². The molecule has 0 fully saturated rings. The van der Waals surface area contributed by atoms with Crippen LogP contribution in [-0.2, 0) is 9.59 Å². The topological polar surface area (TPSA) is 73.9 Å². The second-order valence-corrected chi connectivity index (χ2v) is 3.42. The fourth-order valence-electron chi connectivity index (χ4n) is 1.34. The molecule has 1 N–H and O–H groups in total. The molecule has 0 aliphatic rings. The smallest absolute Gasteiger partial charge is 0.291 e. The lowest BCUT2D eigenvalue weighted by molar-refractivity contribution is -0.133. The third-order valence-corrected chi connectivity index (χ3v) is 2.27. The molecule has 0 atom stereocenters. The summed E-state index contributed by atoms with van der Waals surface area (Å²) in [6.07, 6.45) is 0. The zero-order valence-corrected chi connectivity index (χ0v) is 10.7. The number of Topliss-reactive ketones (excluding diaryl/α,β-unsaturated/α-hetero) is 1. The first kappa shape index (κ1) is 13.8. The molecule has 0 spiro atoms. The minimum Gasteiger partial charge on any atom is -0.494 e. The summed E-state index contributed by atoms with van der Waals surface area (Å²) >= 11 is 0. The van der Waals surface area contributed by atoms with Gasteiger partial charge in [-0.15, -0.1) is 0 Å². The van der Waals surface area contributed by atoms with Crippen molar-refractivity contribution < 1.29 is 23.8 Å². The summed E-state index contributed by atoms with van der Waals surface area (Å²) in [5.41, 5.74) is 0.343. The summed E-state index contributed by atoms with van der Waals surface area (Å²) in [6.45, 7) is 1.18. The van der Waals surface area contributed by atoms with Crippen molar-refractivity contribution in [2.75, 3.05) is 26.6 Å². The Morgan fingerprint density at radius 2 is 1.44 bits per heavy atom. The zero-order valence-electron chi connectivity index (χ0n) is 10.7. The van der Waals surface area contributed by atoms with E-state index in [1.54, 1.807) is 6.07 Å². The van der Waals surface area contributed by atoms with Crippen molar-refractivity contribution >= 4 is 17.4 Å². The number of carbonyl (C=O) groups is 2. The highest BCUT2D eigenvalue weighted by atomic mass is 16.5. The molecule has 0 aromatic heterocycles. The number of ketones is 1. The molecule has 6 nitrogen and oxygen atoms in total. The molecule has 1 aromatic rings. The Morgan fingerprint density at radius 1 is 0.944 bits per heavy atom. The second kappa shape index (κ2) is 5.90. The van der Waals surface area contributed by atoms with Gasteiger partial charge in [0.25, 0.3) is 5.91 Å². The Morgan fingerprint density at radius 3 is 1.89 bits per heavy atom. The van der Waals surface area contributed by atoms with Crippen molar-refractivity contribution in [1.29, 1.82) is 0 Å². The third kappa shape index (κ3) is 2.91. The predicted molar refractivity (Wildman–Crippen MR) is 65.4 cm³/mol. The van der Waals surface area contributed by atoms with E-state index in [-0.39, 0.29) is 0 Å². The monoisotopic (exact) mass is 253 g/mol. The summed E-state index contributed by atoms with van der Waals surface area (Å²) < 4.78 is 15.3. The first-order chi connectivity index (χ1) is 8.53. The fourth-order valence-corrected chi connectivity index (χ4v) is 1.34. The van der Waals surface area contributed by atoms with Crippen LogP contribution in [0, 0.1) is 0 Å². The zero-order chi connectivity index (χ0) is 13.7. The van der Waals surface area contributed by atoms with Crippen LogP contribution in [0.2, 0.25) is 0 Å². The number of anilines is 1. The van der Waals surface area contributed by atoms with Crippen LogP contribution in [0.15, 0.2) is 12.1 Å². The Balaban J connectivity index is 3.17. The van der Waals surface area contributed by atoms with Gasteiger partial charge in [0.05, 0.1) is 27.0 Å². The largest absolute Gasteiger partial charge is 0.494 e. The maximum absolute atomic E-state index is 11.3. The molecule has 0 bridgehead atoms. The van der Waals surface area contributed by atoms with Crippen molar-refractivity contribution in [1.82, 2.24) is 0 Å². The van der Waals surface area contributed by atoms with Gasteiger partial charge in [0.15, 0.2) is 11.5 Å². The fraction of sp³-hybridized carbons (Fsp3) is 0.333. The van der Waals surface area contributed by atoms with E-state index >= 15 is 0 Å². The van der Waals surface area contributed by atoms with Crippen molar-refractivity contribution in [3.05, 3.63) is 12.1 Å². The van der Waals surface area contributed by atoms with Gasteiger partial charge in [-0.3, -0.25) is 9.59 Å². The van der Waals surface area contributed by atoms with Crippen molar-refractivity contribution in [2.24, 2.45) is 0 Å². The molecule has 1 rings (SSSR count). The average molecular weight is 253 g/mol. The van der Waals surface area contributed by atoms with Gasteiger partial charge in [-0.05, 0) is 0 Å². The summed E-state index contributed by atoms with van der Waals surface area (Å²) in [7, 11) is 4.41. The molecular weight excluding hydrogens is 238 g/mol. The minimum atomic E-state index is -0.722. The van der Waals surface area contributed by atoms with Gasteiger partial charge in [0.2, 0.25) is 5.78 Å². The van der Waals surface area contributed by atoms with Crippen LogP contribution in [0.1, 0.15) is 6.92 Å². The lowest BCUT2D eigenvalue weighted by Gasteiger charge is -2.14. The highest BCUT2D eigenvalue weighted by Gasteiger charge is 2.15. The molecule has 18 heavy (non-hydrogen) atoms. The maximum Gasteiger partial charge on any atom is 0.291 e. The second-order valence-electron chi connectivity index (χ2n) is 3.42. The standard InChI is InChI=1S/C12H15NO5/c1-7(14)12(15)13-8-5-10(17-3)11(18-4)6-9(8)16-2/h5-6H,1-4H3,(H,13,15). The van der Waals surface area contributed by atoms with Gasteiger partial charge in [0.1, 0.15) is 5.75 Å². The van der Waals surface area contributed by atoms with E-state index in [2.05, 4.69) is 5.32 Å². The SMILES string of the molecule is COc1cc(OC)c(OC)cc1NC(=O)C(C)=O. The van der Waals surface area contributed by atoms with E-state index in [0.29, 0.717) is 22.9 Å². The van der Waals surface area contributed by atoms with Crippen LogP contribution in [-0.4, -0.2) is 33.0 Å². The van der Waals surface area contributed by atoms with E-state index in [1.165, 1.54) is 34.3 Å². The summed E-state index contributed by atoms with van der Waals surface area (Å²) in [4.78, 5) is 22.3. The first-order valence-corrected chi connectivity index (χ1v) is 5.15. The van der Waals surface area contributed by atoms with Crippen LogP contribution < -0.4 is 19.5 Å². The van der Waals surface area contributed by atoms with E-state index in [9.17, 15) is 9.59 Å². The third-order valence-electron chi connectivity index (χ3n) is 2.27. The Bertz CT molecular complexity index is 470. The van der Waals surface area contributed by atoms with Gasteiger partial charge < -0.3 is 19.5 Å². The van der Waals surface area contributed by atoms with Crippen molar-refractivity contribution in [3.63, 3.8) is 0 Å². The molecule has 0 unspecified atom stereocenters. The van der Waals surface area contributed by atoms with Crippen LogP contribution in [0.4, 0.5) is 5.69 Å². The quantitative estimate of drug-likeness (QED) is 0.799. The molecule has 1 amide bonds. The molecule has 1 aromatic carbocycles. The summed E-state index contributed by atoms with van der Waals surface area (Å²) in [6, 6.07) is 3.09. The number of ether oxygens (including phenoxy) is 3. The number of nitrogens with one attached hydrogen (secondary N) is 1. The average Bonchev–Trinajstić information content (AvgIpc) is 2.37. The molecule has 0 aliphatic heterocycles. The number of rotatable bonds is 5. The number of benzene rings is 1. The molecule has 6 heteroatoms. The number of hydrogen-bond donors (Lipinski definition) is 1. The van der Waals surface area contributed by atoms with Gasteiger partial charge in [-0.25, -0.2) is 0 Å². The van der Waals surface area contributed by atoms with Gasteiger partial charge in [0, 0.05) is 19.1 Å². The minimum absolute atomic E-state index is 0.343. The Hall–Kier alpha value is -2.24. The normalized spacial score (nSPS) is 9.56. The van der Waals surface area contributed by atoms with E-state index < -0.39 is 11.7 Å². The molecule has 0 saturated carbocycles. The molecule has 0 heterocycles. The number of hydrogen-bond acceptors (Lipinski definition) is 5. The van der Waals surface area contributed by atoms with E-state index in [0.717, 1.165) is 0 Å². The lowest BCUT2D eigenvalue weighted by Crippen LogP contribution is -2.20. The molecular formula is C12H15NO5. The van der Waals surface area contributed by atoms with Crippen molar-refractivity contribution in [2.45, 2.75) is 6.92 Å². The Kier molecular flexibility index (Phi) is 4.53. The van der Waals surface area contributed by atoms with Gasteiger partial charge in [-0.2, -0.15) is 0 Å². The molecule has 0 aliphatic carbocycles. The highest BCUT2D eigenvalue weighted by Crippen LogP contribution is 2.37. The molecule has 98 valence electrons. The highest BCUT2D eigenvalue weighted by molar-refractivity contribution is 6.39. The first-order valence-electron chi connectivity index (χ1n) is 5.15. The Labute approximate surface area is 105 Å². The van der Waals surface area contributed by atoms with Crippen molar-refractivity contribution in [3.8, 4) is 17.2 Å². The van der Waals surface area contributed by atoms with Crippen LogP contribution in [0.25, 0.3) is 0 Å². The lowest BCUT2D eigenvalue weighted by atomic mass is 10.2. The summed E-state index contributed by atoms with van der Waals surface area (Å²) in [5.74, 6) is -0.0399. The number of amides is 1. The molecule has 0 saturated heterocycles. The summed E-state index contributed by atoms with van der Waals surface area (Å²) in [5, 5.41) is 2.44. The van der Waals surface area contributed by atoms with E-state index in [4.69, 9.17) is 14.2 Å². The van der Waals surface area contributed by atoms with Crippen LogP contribution >= 0.6 is 0 Å². The number of methoxy groups -OCH3 is 3. The predicted octanol–water partition coefficient (Wildman–Crippen LogP) is 1.24.